The molecule has 1 N–H and O–H groups in total. The molecule has 0 aliphatic carbocycles. The molecule has 0 amide bonds. The summed E-state index contributed by atoms with van der Waals surface area (Å²) < 4.78 is 7.72. The standard InChI is InChI=1S/C20H16Br2ClN3O4/c1-2-3-17-25-16-5-4-12(21)8-13(16)20(29)26(17)24-9-11-6-14(22)19(15(23)7-11)30-10-18(27)28/h4-9H,2-3,10H2,1H3,(H,27,28). The SMILES string of the molecule is CCCc1nc2ccc(Br)cc2c(=O)n1N=Cc1cc(Cl)c(OCC(=O)O)c(Br)c1. The molecule has 0 aliphatic rings. The number of aromatic nitrogens is 2. The number of fused-ring (bicyclic) bond motifs is 1. The van der Waals surface area contributed by atoms with Crippen LogP contribution in [0.5, 0.6) is 5.75 Å². The van der Waals surface area contributed by atoms with E-state index in [4.69, 9.17) is 21.4 Å². The summed E-state index contributed by atoms with van der Waals surface area (Å²) in [7, 11) is 0. The Hall–Kier alpha value is -2.23. The van der Waals surface area contributed by atoms with Gasteiger partial charge in [-0.2, -0.15) is 9.78 Å². The Kier molecular flexibility index (Phi) is 7.27. The number of nitrogens with zero attached hydrogens (tertiary/aromatic N) is 3. The number of hydrogen-bond acceptors (Lipinski definition) is 5. The minimum Gasteiger partial charge on any atom is -0.479 e. The summed E-state index contributed by atoms with van der Waals surface area (Å²) in [5, 5.41) is 13.8. The van der Waals surface area contributed by atoms with Crippen molar-refractivity contribution in [3.8, 4) is 5.75 Å². The van der Waals surface area contributed by atoms with E-state index in [2.05, 4.69) is 41.9 Å². The monoisotopic (exact) mass is 555 g/mol. The lowest BCUT2D eigenvalue weighted by atomic mass is 10.2. The third-order valence-electron chi connectivity index (χ3n) is 4.03. The Bertz CT molecular complexity index is 1190. The quantitative estimate of drug-likeness (QED) is 0.419. The summed E-state index contributed by atoms with van der Waals surface area (Å²) in [4.78, 5) is 28.3. The van der Waals surface area contributed by atoms with Crippen LogP contribution in [0.1, 0.15) is 24.7 Å². The highest BCUT2D eigenvalue weighted by molar-refractivity contribution is 9.10. The van der Waals surface area contributed by atoms with Gasteiger partial charge in [-0.3, -0.25) is 4.79 Å². The van der Waals surface area contributed by atoms with Crippen molar-refractivity contribution < 1.29 is 14.6 Å². The molecular weight excluding hydrogens is 541 g/mol. The van der Waals surface area contributed by atoms with Gasteiger partial charge in [0.25, 0.3) is 5.56 Å². The topological polar surface area (TPSA) is 93.8 Å². The van der Waals surface area contributed by atoms with Crippen LogP contribution in [-0.4, -0.2) is 33.6 Å². The molecule has 2 aromatic carbocycles. The zero-order valence-corrected chi connectivity index (χ0v) is 19.7. The number of ether oxygens (including phenoxy) is 1. The van der Waals surface area contributed by atoms with E-state index in [1.54, 1.807) is 24.3 Å². The Morgan fingerprint density at radius 2 is 2.10 bits per heavy atom. The van der Waals surface area contributed by atoms with E-state index in [-0.39, 0.29) is 16.3 Å². The molecule has 0 saturated heterocycles. The molecule has 0 spiro atoms. The predicted molar refractivity (Wildman–Crippen MR) is 123 cm³/mol. The van der Waals surface area contributed by atoms with Crippen LogP contribution in [0.3, 0.4) is 0 Å². The molecular formula is C20H16Br2ClN3O4. The average molecular weight is 558 g/mol. The minimum atomic E-state index is -1.11. The smallest absolute Gasteiger partial charge is 0.341 e. The lowest BCUT2D eigenvalue weighted by Gasteiger charge is -2.10. The number of halogens is 3. The van der Waals surface area contributed by atoms with Gasteiger partial charge >= 0.3 is 5.97 Å². The minimum absolute atomic E-state index is 0.216. The van der Waals surface area contributed by atoms with E-state index >= 15 is 0 Å². The Balaban J connectivity index is 2.03. The first kappa shape index (κ1) is 22.5. The molecule has 3 aromatic rings. The normalized spacial score (nSPS) is 11.3. The number of aryl methyl sites for hydroxylation is 1. The van der Waals surface area contributed by atoms with Crippen LogP contribution >= 0.6 is 43.5 Å². The number of benzene rings is 2. The molecule has 0 bridgehead atoms. The molecule has 0 saturated carbocycles. The fourth-order valence-electron chi connectivity index (χ4n) is 2.75. The summed E-state index contributed by atoms with van der Waals surface area (Å²) in [6, 6.07) is 8.59. The molecule has 30 heavy (non-hydrogen) atoms. The third-order valence-corrected chi connectivity index (χ3v) is 5.39. The van der Waals surface area contributed by atoms with Crippen molar-refractivity contribution in [2.24, 2.45) is 5.10 Å². The number of hydrogen-bond donors (Lipinski definition) is 1. The fourth-order valence-corrected chi connectivity index (χ4v) is 4.10. The van der Waals surface area contributed by atoms with E-state index in [1.807, 2.05) is 13.0 Å². The molecule has 0 aliphatic heterocycles. The van der Waals surface area contributed by atoms with E-state index in [9.17, 15) is 9.59 Å². The fraction of sp³-hybridized carbons (Fsp3) is 0.200. The number of aliphatic carboxylic acids is 1. The van der Waals surface area contributed by atoms with Crippen LogP contribution in [0, 0.1) is 0 Å². The second-order valence-electron chi connectivity index (χ2n) is 6.30. The van der Waals surface area contributed by atoms with Gasteiger partial charge in [0.1, 0.15) is 5.82 Å². The van der Waals surface area contributed by atoms with Gasteiger partial charge in [-0.15, -0.1) is 0 Å². The molecule has 0 unspecified atom stereocenters. The van der Waals surface area contributed by atoms with Crippen molar-refractivity contribution in [3.05, 3.63) is 66.0 Å². The maximum Gasteiger partial charge on any atom is 0.341 e. The Morgan fingerprint density at radius 3 is 2.77 bits per heavy atom. The van der Waals surface area contributed by atoms with E-state index in [1.165, 1.54) is 10.9 Å². The maximum absolute atomic E-state index is 13.0. The average Bonchev–Trinajstić information content (AvgIpc) is 2.67. The van der Waals surface area contributed by atoms with Crippen molar-refractivity contribution in [2.45, 2.75) is 19.8 Å². The highest BCUT2D eigenvalue weighted by Crippen LogP contribution is 2.34. The molecule has 10 heteroatoms. The van der Waals surface area contributed by atoms with E-state index < -0.39 is 12.6 Å². The van der Waals surface area contributed by atoms with Gasteiger partial charge in [-0.1, -0.05) is 34.5 Å². The van der Waals surface area contributed by atoms with Crippen molar-refractivity contribution in [1.82, 2.24) is 9.66 Å². The first-order valence-corrected chi connectivity index (χ1v) is 10.9. The number of rotatable bonds is 7. The van der Waals surface area contributed by atoms with Crippen molar-refractivity contribution in [3.63, 3.8) is 0 Å². The summed E-state index contributed by atoms with van der Waals surface area (Å²) >= 11 is 12.9. The first-order chi connectivity index (χ1) is 14.3. The van der Waals surface area contributed by atoms with Crippen molar-refractivity contribution in [1.29, 1.82) is 0 Å². The summed E-state index contributed by atoms with van der Waals surface area (Å²) in [5.74, 6) is -0.334. The van der Waals surface area contributed by atoms with Gasteiger partial charge < -0.3 is 9.84 Å². The predicted octanol–water partition coefficient (Wildman–Crippen LogP) is 4.87. The lowest BCUT2D eigenvalue weighted by molar-refractivity contribution is -0.139. The van der Waals surface area contributed by atoms with Gasteiger partial charge in [0.2, 0.25) is 0 Å². The zero-order chi connectivity index (χ0) is 21.8. The molecule has 1 aromatic heterocycles. The lowest BCUT2D eigenvalue weighted by Crippen LogP contribution is -2.22. The number of carboxylic acid groups (broad SMARTS) is 1. The Labute approximate surface area is 193 Å². The van der Waals surface area contributed by atoms with Gasteiger partial charge in [0, 0.05) is 10.9 Å². The van der Waals surface area contributed by atoms with Gasteiger partial charge in [0.05, 0.1) is 26.6 Å². The van der Waals surface area contributed by atoms with E-state index in [0.717, 1.165) is 10.9 Å². The van der Waals surface area contributed by atoms with Gasteiger partial charge in [-0.05, 0) is 58.2 Å². The highest BCUT2D eigenvalue weighted by atomic mass is 79.9. The molecule has 1 heterocycles. The van der Waals surface area contributed by atoms with Crippen LogP contribution in [0.2, 0.25) is 5.02 Å². The molecule has 0 atom stereocenters. The second kappa shape index (κ2) is 9.72. The molecule has 0 radical (unpaired) electrons. The van der Waals surface area contributed by atoms with Crippen LogP contribution in [0.4, 0.5) is 0 Å². The van der Waals surface area contributed by atoms with Crippen molar-refractivity contribution in [2.75, 3.05) is 6.61 Å². The molecule has 0 fully saturated rings. The second-order valence-corrected chi connectivity index (χ2v) is 8.47. The summed E-state index contributed by atoms with van der Waals surface area (Å²) in [5.41, 5.74) is 0.939. The van der Waals surface area contributed by atoms with Gasteiger partial charge in [0.15, 0.2) is 12.4 Å². The molecule has 156 valence electrons. The Morgan fingerprint density at radius 1 is 1.33 bits per heavy atom. The maximum atomic E-state index is 13.0. The number of carbonyl (C=O) groups is 1. The van der Waals surface area contributed by atoms with Crippen LogP contribution in [-0.2, 0) is 11.2 Å². The van der Waals surface area contributed by atoms with Crippen LogP contribution in [0.15, 0.2) is 49.2 Å². The largest absolute Gasteiger partial charge is 0.479 e. The number of carboxylic acids is 1. The molecule has 7 nitrogen and oxygen atoms in total. The summed E-state index contributed by atoms with van der Waals surface area (Å²) in [6.07, 6.45) is 2.88. The van der Waals surface area contributed by atoms with Crippen LogP contribution < -0.4 is 10.3 Å². The zero-order valence-electron chi connectivity index (χ0n) is 15.7. The molecule has 3 rings (SSSR count). The third kappa shape index (κ3) is 5.08. The first-order valence-electron chi connectivity index (χ1n) is 8.89. The van der Waals surface area contributed by atoms with Crippen molar-refractivity contribution >= 4 is 66.5 Å². The highest BCUT2D eigenvalue weighted by Gasteiger charge is 2.12. The van der Waals surface area contributed by atoms with E-state index in [0.29, 0.717) is 33.2 Å². The van der Waals surface area contributed by atoms with Crippen LogP contribution in [0.25, 0.3) is 10.9 Å². The van der Waals surface area contributed by atoms with Gasteiger partial charge in [-0.25, -0.2) is 9.78 Å². The summed E-state index contributed by atoms with van der Waals surface area (Å²) in [6.45, 7) is 1.48.